The van der Waals surface area contributed by atoms with Gasteiger partial charge in [-0.2, -0.15) is 0 Å². The largest absolute Gasteiger partial charge is 0.478 e. The Kier molecular flexibility index (Phi) is 18.2. The normalized spacial score (nSPS) is 25.5. The summed E-state index contributed by atoms with van der Waals surface area (Å²) >= 11 is 0. The number of ether oxygens (including phenoxy) is 3. The van der Waals surface area contributed by atoms with Crippen molar-refractivity contribution >= 4 is 5.97 Å². The molecule has 228 valence electrons. The number of aliphatic hydroxyl groups excluding tert-OH is 2. The highest BCUT2D eigenvalue weighted by molar-refractivity contribution is 5.79. The van der Waals surface area contributed by atoms with Crippen LogP contribution in [0.1, 0.15) is 128 Å². The number of hydrogen-bond acceptors (Lipinski definition) is 7. The molecule has 0 aromatic rings. The summed E-state index contributed by atoms with van der Waals surface area (Å²) in [5, 5.41) is 27.9. The average molecular weight is 556 g/mol. The van der Waals surface area contributed by atoms with Gasteiger partial charge in [0.25, 0.3) is 0 Å². The minimum absolute atomic E-state index is 0.0140. The molecule has 2 rings (SSSR count). The first-order valence-electron chi connectivity index (χ1n) is 15.8. The van der Waals surface area contributed by atoms with Crippen LogP contribution in [0.15, 0.2) is 12.2 Å². The Morgan fingerprint density at radius 1 is 0.923 bits per heavy atom. The lowest BCUT2D eigenvalue weighted by Crippen LogP contribution is -2.41. The predicted molar refractivity (Wildman–Crippen MR) is 153 cm³/mol. The molecule has 5 N–H and O–H groups in total. The van der Waals surface area contributed by atoms with E-state index in [1.165, 1.54) is 76.7 Å². The van der Waals surface area contributed by atoms with E-state index >= 15 is 0 Å². The Morgan fingerprint density at radius 3 is 2.15 bits per heavy atom. The van der Waals surface area contributed by atoms with Gasteiger partial charge in [-0.25, -0.2) is 4.79 Å². The van der Waals surface area contributed by atoms with E-state index in [0.717, 1.165) is 64.4 Å². The number of carboxylic acids is 1. The van der Waals surface area contributed by atoms with Crippen LogP contribution in [0.4, 0.5) is 0 Å². The van der Waals surface area contributed by atoms with Crippen LogP contribution in [-0.2, 0) is 19.0 Å². The van der Waals surface area contributed by atoms with Crippen molar-refractivity contribution in [2.45, 2.75) is 159 Å². The van der Waals surface area contributed by atoms with Gasteiger partial charge in [-0.3, -0.25) is 0 Å². The first-order valence-corrected chi connectivity index (χ1v) is 15.8. The van der Waals surface area contributed by atoms with E-state index < -0.39 is 17.9 Å². The van der Waals surface area contributed by atoms with E-state index in [2.05, 4.69) is 0 Å². The fraction of sp³-hybridized carbons (Fsp3) is 0.903. The standard InChI is InChI=1S/C31H57NO7/c32-26(24-33)25-37-23-17-13-9-7-5-3-1-2-4-6-8-12-16-21-31-22-20-27(34)30(39-31)28(38-31)18-14-10-11-15-19-29(35)36/h15,19,26-28,30,33-34H,1-14,16-18,20-25,32H2,(H,35,36)/b19-15+/t26-,27-,28-,30-,31+/m1/s1. The van der Waals surface area contributed by atoms with Crippen molar-refractivity contribution in [3.63, 3.8) is 0 Å². The molecule has 0 amide bonds. The second-order valence-corrected chi connectivity index (χ2v) is 11.6. The van der Waals surface area contributed by atoms with Crippen LogP contribution in [-0.4, -0.2) is 71.3 Å². The summed E-state index contributed by atoms with van der Waals surface area (Å²) in [6.45, 7) is 1.18. The van der Waals surface area contributed by atoms with E-state index in [1.807, 2.05) is 0 Å². The number of carboxylic acid groups (broad SMARTS) is 1. The van der Waals surface area contributed by atoms with Crippen LogP contribution in [0.5, 0.6) is 0 Å². The Hall–Kier alpha value is -1.03. The SMILES string of the molecule is N[C@H](CO)COCCCCCCCCCCCCCCC[C@@]12CC[C@@H](O)[C@@H](O1)[C@@H](CCCC/C=C/C(=O)O)O2. The summed E-state index contributed by atoms with van der Waals surface area (Å²) in [6, 6.07) is -0.250. The lowest BCUT2D eigenvalue weighted by molar-refractivity contribution is -0.214. The van der Waals surface area contributed by atoms with Crippen LogP contribution < -0.4 is 5.73 Å². The molecule has 0 aliphatic carbocycles. The van der Waals surface area contributed by atoms with Gasteiger partial charge in [0.2, 0.25) is 0 Å². The Morgan fingerprint density at radius 2 is 1.54 bits per heavy atom. The zero-order chi connectivity index (χ0) is 28.2. The van der Waals surface area contributed by atoms with Gasteiger partial charge in [-0.1, -0.05) is 83.1 Å². The topological polar surface area (TPSA) is 131 Å². The Balaban J connectivity index is 1.41. The fourth-order valence-corrected chi connectivity index (χ4v) is 5.76. The first-order chi connectivity index (χ1) is 19.0. The van der Waals surface area contributed by atoms with Crippen LogP contribution in [0.3, 0.4) is 0 Å². The molecule has 5 atom stereocenters. The molecule has 39 heavy (non-hydrogen) atoms. The maximum absolute atomic E-state index is 10.6. The van der Waals surface area contributed by atoms with E-state index in [0.29, 0.717) is 6.61 Å². The molecular formula is C31H57NO7. The number of aliphatic carboxylic acids is 1. The zero-order valence-electron chi connectivity index (χ0n) is 24.3. The fourth-order valence-electron chi connectivity index (χ4n) is 5.76. The number of fused-ring (bicyclic) bond motifs is 2. The molecule has 2 bridgehead atoms. The third kappa shape index (κ3) is 15.0. The van der Waals surface area contributed by atoms with Crippen LogP contribution in [0, 0.1) is 0 Å². The maximum Gasteiger partial charge on any atom is 0.327 e. The molecule has 2 fully saturated rings. The molecule has 0 saturated carbocycles. The minimum atomic E-state index is -0.903. The summed E-state index contributed by atoms with van der Waals surface area (Å²) in [4.78, 5) is 10.6. The molecule has 8 nitrogen and oxygen atoms in total. The molecule has 2 heterocycles. The van der Waals surface area contributed by atoms with Crippen molar-refractivity contribution in [2.24, 2.45) is 5.73 Å². The summed E-state index contributed by atoms with van der Waals surface area (Å²) in [6.07, 6.45) is 24.5. The van der Waals surface area contributed by atoms with Gasteiger partial charge in [0.1, 0.15) is 6.10 Å². The number of rotatable bonds is 25. The van der Waals surface area contributed by atoms with Gasteiger partial charge in [-0.05, 0) is 38.5 Å². The number of hydrogen-bond donors (Lipinski definition) is 4. The molecule has 0 radical (unpaired) electrons. The molecule has 0 unspecified atom stereocenters. The monoisotopic (exact) mass is 555 g/mol. The van der Waals surface area contributed by atoms with Crippen LogP contribution in [0.25, 0.3) is 0 Å². The van der Waals surface area contributed by atoms with Crippen LogP contribution >= 0.6 is 0 Å². The van der Waals surface area contributed by atoms with Gasteiger partial charge >= 0.3 is 5.97 Å². The van der Waals surface area contributed by atoms with E-state index in [9.17, 15) is 9.90 Å². The van der Waals surface area contributed by atoms with Gasteiger partial charge < -0.3 is 35.3 Å². The van der Waals surface area contributed by atoms with Crippen molar-refractivity contribution in [1.82, 2.24) is 0 Å². The number of unbranched alkanes of at least 4 members (excludes halogenated alkanes) is 14. The highest BCUT2D eigenvalue weighted by Crippen LogP contribution is 2.44. The van der Waals surface area contributed by atoms with Crippen molar-refractivity contribution in [2.75, 3.05) is 19.8 Å². The highest BCUT2D eigenvalue weighted by Gasteiger charge is 2.52. The van der Waals surface area contributed by atoms with Gasteiger partial charge in [0.05, 0.1) is 31.5 Å². The summed E-state index contributed by atoms with van der Waals surface area (Å²) in [5.41, 5.74) is 5.61. The second-order valence-electron chi connectivity index (χ2n) is 11.6. The minimum Gasteiger partial charge on any atom is -0.478 e. The molecule has 2 saturated heterocycles. The summed E-state index contributed by atoms with van der Waals surface area (Å²) in [7, 11) is 0. The van der Waals surface area contributed by atoms with Gasteiger partial charge in [-0.15, -0.1) is 0 Å². The van der Waals surface area contributed by atoms with Gasteiger partial charge in [0.15, 0.2) is 5.79 Å². The quantitative estimate of drug-likeness (QED) is 0.0843. The Bertz CT molecular complexity index is 661. The average Bonchev–Trinajstić information content (AvgIpc) is 3.23. The lowest BCUT2D eigenvalue weighted by Gasteiger charge is -2.33. The molecular weight excluding hydrogens is 498 g/mol. The third-order valence-electron chi connectivity index (χ3n) is 8.07. The smallest absolute Gasteiger partial charge is 0.327 e. The van der Waals surface area contributed by atoms with Crippen molar-refractivity contribution in [3.05, 3.63) is 12.2 Å². The lowest BCUT2D eigenvalue weighted by atomic mass is 9.94. The van der Waals surface area contributed by atoms with Gasteiger partial charge in [0, 0.05) is 25.5 Å². The first kappa shape index (κ1) is 34.2. The second kappa shape index (κ2) is 20.8. The van der Waals surface area contributed by atoms with E-state index in [4.69, 9.17) is 30.2 Å². The number of carbonyl (C=O) groups is 1. The number of aliphatic hydroxyl groups is 2. The number of nitrogens with two attached hydrogens (primary N) is 1. The van der Waals surface area contributed by atoms with E-state index in [1.54, 1.807) is 6.08 Å². The Labute approximate surface area is 236 Å². The van der Waals surface area contributed by atoms with Crippen molar-refractivity contribution in [3.8, 4) is 0 Å². The summed E-state index contributed by atoms with van der Waals surface area (Å²) in [5.74, 6) is -1.40. The van der Waals surface area contributed by atoms with Crippen molar-refractivity contribution < 1.29 is 34.3 Å². The number of allylic oxidation sites excluding steroid dienone is 1. The zero-order valence-corrected chi connectivity index (χ0v) is 24.3. The van der Waals surface area contributed by atoms with E-state index in [-0.39, 0.29) is 24.9 Å². The molecule has 2 aliphatic rings. The molecule has 0 aromatic carbocycles. The van der Waals surface area contributed by atoms with Crippen molar-refractivity contribution in [1.29, 1.82) is 0 Å². The summed E-state index contributed by atoms with van der Waals surface area (Å²) < 4.78 is 18.1. The molecule has 8 heteroatoms. The molecule has 0 spiro atoms. The third-order valence-corrected chi connectivity index (χ3v) is 8.07. The molecule has 0 aromatic heterocycles. The predicted octanol–water partition coefficient (Wildman–Crippen LogP) is 5.62. The molecule has 2 aliphatic heterocycles. The maximum atomic E-state index is 10.6. The highest BCUT2D eigenvalue weighted by atomic mass is 16.8. The van der Waals surface area contributed by atoms with Crippen LogP contribution in [0.2, 0.25) is 0 Å².